The number of nitrogens with zero attached hydrogens (tertiary/aromatic N) is 4. The van der Waals surface area contributed by atoms with Crippen LogP contribution in [0.25, 0.3) is 17.1 Å². The van der Waals surface area contributed by atoms with Crippen LogP contribution in [0.2, 0.25) is 0 Å². The summed E-state index contributed by atoms with van der Waals surface area (Å²) in [6.07, 6.45) is 0. The van der Waals surface area contributed by atoms with E-state index in [1.54, 1.807) is 11.8 Å². The third-order valence-electron chi connectivity index (χ3n) is 4.94. The summed E-state index contributed by atoms with van der Waals surface area (Å²) in [4.78, 5) is 0. The molecular weight excluding hydrogens is 368 g/mol. The highest BCUT2D eigenvalue weighted by Gasteiger charge is 2.18. The third-order valence-corrected chi connectivity index (χ3v) is 5.90. The van der Waals surface area contributed by atoms with E-state index in [1.807, 2.05) is 32.0 Å². The minimum absolute atomic E-state index is 0.735. The Morgan fingerprint density at radius 2 is 1.71 bits per heavy atom. The van der Waals surface area contributed by atoms with E-state index in [2.05, 4.69) is 64.1 Å². The molecular formula is C22H22N4OS. The van der Waals surface area contributed by atoms with Gasteiger partial charge in [-0.15, -0.1) is 10.2 Å². The van der Waals surface area contributed by atoms with Gasteiger partial charge in [-0.2, -0.15) is 0 Å². The summed E-state index contributed by atoms with van der Waals surface area (Å²) < 4.78 is 7.43. The number of rotatable bonds is 5. The number of aromatic nitrogens is 4. The van der Waals surface area contributed by atoms with E-state index in [4.69, 9.17) is 4.52 Å². The summed E-state index contributed by atoms with van der Waals surface area (Å²) in [5, 5.41) is 13.9. The molecule has 0 aliphatic heterocycles. The van der Waals surface area contributed by atoms with Crippen LogP contribution in [0.15, 0.2) is 58.2 Å². The summed E-state index contributed by atoms with van der Waals surface area (Å²) >= 11 is 1.64. The van der Waals surface area contributed by atoms with Crippen LogP contribution in [0.1, 0.15) is 28.1 Å². The lowest BCUT2D eigenvalue weighted by atomic mass is 10.1. The van der Waals surface area contributed by atoms with Crippen molar-refractivity contribution in [1.82, 2.24) is 19.9 Å². The van der Waals surface area contributed by atoms with Gasteiger partial charge in [-0.1, -0.05) is 53.3 Å². The Kier molecular flexibility index (Phi) is 5.05. The zero-order valence-corrected chi connectivity index (χ0v) is 17.2. The minimum atomic E-state index is 0.735. The quantitative estimate of drug-likeness (QED) is 0.424. The molecule has 0 spiro atoms. The maximum Gasteiger partial charge on any atom is 0.196 e. The Balaban J connectivity index is 1.78. The first-order chi connectivity index (χ1) is 13.5. The summed E-state index contributed by atoms with van der Waals surface area (Å²) in [7, 11) is 0. The standard InChI is InChI=1S/C22H22N4OS/c1-14-10-11-19(12-15(14)2)26-21(18-8-6-5-7-9-18)23-24-22(26)28-13-20-16(3)25-27-17(20)4/h5-12H,13H2,1-4H3. The molecule has 0 aliphatic carbocycles. The van der Waals surface area contributed by atoms with Gasteiger partial charge in [-0.05, 0) is 51.0 Å². The maximum atomic E-state index is 5.30. The molecule has 0 radical (unpaired) electrons. The van der Waals surface area contributed by atoms with E-state index < -0.39 is 0 Å². The largest absolute Gasteiger partial charge is 0.361 e. The number of hydrogen-bond acceptors (Lipinski definition) is 5. The second-order valence-corrected chi connectivity index (χ2v) is 7.81. The van der Waals surface area contributed by atoms with E-state index in [-0.39, 0.29) is 0 Å². The van der Waals surface area contributed by atoms with Gasteiger partial charge in [0.25, 0.3) is 0 Å². The van der Waals surface area contributed by atoms with Crippen LogP contribution in [0.4, 0.5) is 0 Å². The first-order valence-corrected chi connectivity index (χ1v) is 10.2. The van der Waals surface area contributed by atoms with Gasteiger partial charge in [-0.3, -0.25) is 4.57 Å². The molecule has 0 fully saturated rings. The summed E-state index contributed by atoms with van der Waals surface area (Å²) in [6.45, 7) is 8.16. The molecule has 28 heavy (non-hydrogen) atoms. The second kappa shape index (κ2) is 7.64. The van der Waals surface area contributed by atoms with Crippen molar-refractivity contribution in [1.29, 1.82) is 0 Å². The Morgan fingerprint density at radius 1 is 0.929 bits per heavy atom. The van der Waals surface area contributed by atoms with Crippen LogP contribution in [-0.4, -0.2) is 19.9 Å². The Labute approximate surface area is 168 Å². The minimum Gasteiger partial charge on any atom is -0.361 e. The van der Waals surface area contributed by atoms with Crippen LogP contribution in [0.5, 0.6) is 0 Å². The van der Waals surface area contributed by atoms with E-state index >= 15 is 0 Å². The number of aryl methyl sites for hydroxylation is 4. The summed E-state index contributed by atoms with van der Waals surface area (Å²) in [5.74, 6) is 2.43. The molecule has 5 nitrogen and oxygen atoms in total. The second-order valence-electron chi connectivity index (χ2n) is 6.87. The first kappa shape index (κ1) is 18.5. The molecule has 2 aromatic heterocycles. The van der Waals surface area contributed by atoms with Crippen molar-refractivity contribution in [2.75, 3.05) is 0 Å². The van der Waals surface area contributed by atoms with Gasteiger partial charge in [0.05, 0.1) is 11.4 Å². The molecule has 2 heterocycles. The van der Waals surface area contributed by atoms with Crippen molar-refractivity contribution in [3.05, 3.63) is 76.7 Å². The zero-order chi connectivity index (χ0) is 19.7. The van der Waals surface area contributed by atoms with Crippen LogP contribution in [0, 0.1) is 27.7 Å². The number of thioether (sulfide) groups is 1. The first-order valence-electron chi connectivity index (χ1n) is 9.17. The van der Waals surface area contributed by atoms with E-state index in [9.17, 15) is 0 Å². The van der Waals surface area contributed by atoms with Gasteiger partial charge in [0.1, 0.15) is 5.76 Å². The van der Waals surface area contributed by atoms with E-state index in [0.717, 1.165) is 45.0 Å². The average Bonchev–Trinajstić information content (AvgIpc) is 3.26. The van der Waals surface area contributed by atoms with Gasteiger partial charge in [0.15, 0.2) is 11.0 Å². The summed E-state index contributed by atoms with van der Waals surface area (Å²) in [6, 6.07) is 16.6. The fourth-order valence-corrected chi connectivity index (χ4v) is 4.18. The van der Waals surface area contributed by atoms with Crippen LogP contribution >= 0.6 is 11.8 Å². The molecule has 0 unspecified atom stereocenters. The van der Waals surface area contributed by atoms with Crippen molar-refractivity contribution in [2.24, 2.45) is 0 Å². The van der Waals surface area contributed by atoms with E-state index in [1.165, 1.54) is 11.1 Å². The molecule has 4 rings (SSSR count). The zero-order valence-electron chi connectivity index (χ0n) is 16.4. The van der Waals surface area contributed by atoms with Crippen molar-refractivity contribution >= 4 is 11.8 Å². The van der Waals surface area contributed by atoms with Crippen molar-refractivity contribution < 1.29 is 4.52 Å². The highest BCUT2D eigenvalue weighted by atomic mass is 32.2. The Morgan fingerprint density at radius 3 is 2.39 bits per heavy atom. The maximum absolute atomic E-state index is 5.30. The average molecular weight is 391 g/mol. The molecule has 142 valence electrons. The van der Waals surface area contributed by atoms with Gasteiger partial charge in [0, 0.05) is 16.9 Å². The highest BCUT2D eigenvalue weighted by Crippen LogP contribution is 2.31. The monoisotopic (exact) mass is 390 g/mol. The molecule has 0 atom stereocenters. The molecule has 0 amide bonds. The van der Waals surface area contributed by atoms with Crippen molar-refractivity contribution in [3.8, 4) is 17.1 Å². The molecule has 0 saturated carbocycles. The van der Waals surface area contributed by atoms with Crippen LogP contribution < -0.4 is 0 Å². The van der Waals surface area contributed by atoms with Crippen molar-refractivity contribution in [2.45, 2.75) is 38.6 Å². The molecule has 0 saturated heterocycles. The molecule has 2 aromatic carbocycles. The fraction of sp³-hybridized carbons (Fsp3) is 0.227. The number of hydrogen-bond donors (Lipinski definition) is 0. The third kappa shape index (κ3) is 3.47. The predicted octanol–water partition coefficient (Wildman–Crippen LogP) is 5.45. The molecule has 4 aromatic rings. The lowest BCUT2D eigenvalue weighted by molar-refractivity contribution is 0.392. The molecule has 6 heteroatoms. The summed E-state index contributed by atoms with van der Waals surface area (Å²) in [5.41, 5.74) is 6.65. The van der Waals surface area contributed by atoms with Gasteiger partial charge >= 0.3 is 0 Å². The number of benzene rings is 2. The van der Waals surface area contributed by atoms with Crippen molar-refractivity contribution in [3.63, 3.8) is 0 Å². The molecule has 0 aliphatic rings. The van der Waals surface area contributed by atoms with Gasteiger partial charge < -0.3 is 4.52 Å². The topological polar surface area (TPSA) is 56.7 Å². The highest BCUT2D eigenvalue weighted by molar-refractivity contribution is 7.98. The predicted molar refractivity (Wildman–Crippen MR) is 112 cm³/mol. The lowest BCUT2D eigenvalue weighted by Gasteiger charge is -2.12. The Hall–Kier alpha value is -2.86. The van der Waals surface area contributed by atoms with Crippen LogP contribution in [-0.2, 0) is 5.75 Å². The normalized spacial score (nSPS) is 11.1. The van der Waals surface area contributed by atoms with Crippen LogP contribution in [0.3, 0.4) is 0 Å². The van der Waals surface area contributed by atoms with E-state index in [0.29, 0.717) is 0 Å². The molecule has 0 N–H and O–H groups in total. The van der Waals surface area contributed by atoms with Gasteiger partial charge in [-0.25, -0.2) is 0 Å². The smallest absolute Gasteiger partial charge is 0.196 e. The Bertz CT molecular complexity index is 1100. The van der Waals surface area contributed by atoms with Gasteiger partial charge in [0.2, 0.25) is 0 Å². The lowest BCUT2D eigenvalue weighted by Crippen LogP contribution is -2.01. The SMILES string of the molecule is Cc1ccc(-n2c(SCc3c(C)noc3C)nnc2-c2ccccc2)cc1C. The fourth-order valence-electron chi connectivity index (χ4n) is 3.08. The molecule has 0 bridgehead atoms.